The number of benzene rings is 1. The minimum atomic E-state index is -3.83. The van der Waals surface area contributed by atoms with Crippen molar-refractivity contribution in [2.24, 2.45) is 0 Å². The van der Waals surface area contributed by atoms with Crippen LogP contribution in [0.15, 0.2) is 23.1 Å². The highest BCUT2D eigenvalue weighted by atomic mass is 32.2. The van der Waals surface area contributed by atoms with Crippen molar-refractivity contribution in [3.8, 4) is 0 Å². The van der Waals surface area contributed by atoms with Gasteiger partial charge in [-0.15, -0.1) is 0 Å². The van der Waals surface area contributed by atoms with E-state index in [1.165, 1.54) is 0 Å². The van der Waals surface area contributed by atoms with Crippen LogP contribution in [0, 0.1) is 11.6 Å². The molecule has 2 rings (SSSR count). The Hall–Kier alpha value is -1.01. The highest BCUT2D eigenvalue weighted by Gasteiger charge is 2.33. The number of hydrogen-bond donors (Lipinski definition) is 0. The maximum atomic E-state index is 13.3. The highest BCUT2D eigenvalue weighted by Crippen LogP contribution is 2.25. The topological polar surface area (TPSA) is 43.4 Å². The van der Waals surface area contributed by atoms with Crippen molar-refractivity contribution in [3.05, 3.63) is 29.8 Å². The maximum Gasteiger partial charge on any atom is 0.186 e. The number of ether oxygens (including phenoxy) is 1. The number of sulfone groups is 1. The molecule has 1 aromatic carbocycles. The van der Waals surface area contributed by atoms with E-state index in [2.05, 4.69) is 0 Å². The molecule has 0 saturated carbocycles. The quantitative estimate of drug-likeness (QED) is 0.797. The first-order valence-corrected chi connectivity index (χ1v) is 6.33. The van der Waals surface area contributed by atoms with Crippen LogP contribution in [0.4, 0.5) is 8.78 Å². The van der Waals surface area contributed by atoms with Gasteiger partial charge in [0.05, 0.1) is 11.9 Å². The zero-order valence-electron chi connectivity index (χ0n) is 8.32. The Morgan fingerprint density at radius 1 is 1.31 bits per heavy atom. The second-order valence-corrected chi connectivity index (χ2v) is 5.80. The van der Waals surface area contributed by atoms with Gasteiger partial charge in [0.15, 0.2) is 9.84 Å². The molecule has 1 aliphatic heterocycles. The molecule has 1 unspecified atom stereocenters. The molecule has 1 saturated heterocycles. The third kappa shape index (κ3) is 1.94. The second-order valence-electron chi connectivity index (χ2n) is 3.61. The summed E-state index contributed by atoms with van der Waals surface area (Å²) in [4.78, 5) is -0.581. The van der Waals surface area contributed by atoms with Gasteiger partial charge in [0.25, 0.3) is 0 Å². The molecule has 1 heterocycles. The first kappa shape index (κ1) is 11.5. The predicted octanol–water partition coefficient (Wildman–Crippen LogP) is 1.53. The smallest absolute Gasteiger partial charge is 0.186 e. The van der Waals surface area contributed by atoms with Crippen LogP contribution in [0.1, 0.15) is 6.42 Å². The van der Waals surface area contributed by atoms with Crippen LogP contribution in [0.3, 0.4) is 0 Å². The minimum Gasteiger partial charge on any atom is -0.380 e. The average Bonchev–Trinajstić information content (AvgIpc) is 2.75. The molecule has 0 spiro atoms. The number of hydrogen-bond acceptors (Lipinski definition) is 3. The lowest BCUT2D eigenvalue weighted by Crippen LogP contribution is -2.22. The number of rotatable bonds is 2. The maximum absolute atomic E-state index is 13.3. The van der Waals surface area contributed by atoms with Gasteiger partial charge >= 0.3 is 0 Å². The van der Waals surface area contributed by atoms with E-state index >= 15 is 0 Å². The molecule has 0 aliphatic carbocycles. The van der Waals surface area contributed by atoms with Gasteiger partial charge < -0.3 is 4.74 Å². The van der Waals surface area contributed by atoms with Crippen molar-refractivity contribution in [1.82, 2.24) is 0 Å². The van der Waals surface area contributed by atoms with Crippen LogP contribution in [0.5, 0.6) is 0 Å². The van der Waals surface area contributed by atoms with Crippen molar-refractivity contribution in [3.63, 3.8) is 0 Å². The van der Waals surface area contributed by atoms with Gasteiger partial charge in [0.2, 0.25) is 0 Å². The molecule has 1 atom stereocenters. The molecule has 6 heteroatoms. The fourth-order valence-corrected chi connectivity index (χ4v) is 3.29. The van der Waals surface area contributed by atoms with Crippen LogP contribution in [0.25, 0.3) is 0 Å². The lowest BCUT2D eigenvalue weighted by molar-refractivity contribution is 0.198. The molecule has 0 N–H and O–H groups in total. The lowest BCUT2D eigenvalue weighted by atomic mass is 10.3. The summed E-state index contributed by atoms with van der Waals surface area (Å²) in [5.41, 5.74) is 0. The molecule has 1 fully saturated rings. The van der Waals surface area contributed by atoms with E-state index in [4.69, 9.17) is 4.74 Å². The van der Waals surface area contributed by atoms with Crippen molar-refractivity contribution < 1.29 is 21.9 Å². The van der Waals surface area contributed by atoms with Gasteiger partial charge in [-0.25, -0.2) is 17.2 Å². The van der Waals surface area contributed by atoms with Gasteiger partial charge in [-0.2, -0.15) is 0 Å². The van der Waals surface area contributed by atoms with Gasteiger partial charge in [0, 0.05) is 6.61 Å². The van der Waals surface area contributed by atoms with Crippen molar-refractivity contribution in [2.75, 3.05) is 13.2 Å². The monoisotopic (exact) mass is 248 g/mol. The van der Waals surface area contributed by atoms with Crippen molar-refractivity contribution in [2.45, 2.75) is 16.6 Å². The van der Waals surface area contributed by atoms with Crippen LogP contribution in [-0.2, 0) is 14.6 Å². The molecule has 16 heavy (non-hydrogen) atoms. The molecular weight excluding hydrogens is 238 g/mol. The summed E-state index contributed by atoms with van der Waals surface area (Å²) in [7, 11) is -3.83. The molecule has 0 amide bonds. The van der Waals surface area contributed by atoms with Crippen LogP contribution in [-0.4, -0.2) is 26.9 Å². The van der Waals surface area contributed by atoms with E-state index < -0.39 is 31.6 Å². The number of halogens is 2. The highest BCUT2D eigenvalue weighted by molar-refractivity contribution is 7.92. The SMILES string of the molecule is O=S(=O)(c1cc(F)ccc1F)C1CCOC1. The molecule has 1 aromatic rings. The summed E-state index contributed by atoms with van der Waals surface area (Å²) in [5, 5.41) is -0.774. The second kappa shape index (κ2) is 4.10. The standard InChI is InChI=1S/C10H10F2O3S/c11-7-1-2-9(12)10(5-7)16(13,14)8-3-4-15-6-8/h1-2,5,8H,3-4,6H2. The van der Waals surface area contributed by atoms with Crippen LogP contribution >= 0.6 is 0 Å². The first-order chi connectivity index (χ1) is 7.51. The van der Waals surface area contributed by atoms with Crippen molar-refractivity contribution in [1.29, 1.82) is 0 Å². The Labute approximate surface area is 92.0 Å². The van der Waals surface area contributed by atoms with Gasteiger partial charge in [0.1, 0.15) is 16.5 Å². The Morgan fingerprint density at radius 3 is 2.69 bits per heavy atom. The van der Waals surface area contributed by atoms with Crippen molar-refractivity contribution >= 4 is 9.84 Å². The van der Waals surface area contributed by atoms with E-state index in [0.29, 0.717) is 19.1 Å². The summed E-state index contributed by atoms with van der Waals surface area (Å²) in [6.07, 6.45) is 0.318. The van der Waals surface area contributed by atoms with Gasteiger partial charge in [-0.1, -0.05) is 0 Å². The Balaban J connectivity index is 2.46. The minimum absolute atomic E-state index is 0.0400. The molecule has 0 radical (unpaired) electrons. The van der Waals surface area contributed by atoms with E-state index in [1.807, 2.05) is 0 Å². The molecular formula is C10H10F2O3S. The summed E-state index contributed by atoms with van der Waals surface area (Å²) in [5.74, 6) is -1.69. The Morgan fingerprint density at radius 2 is 2.06 bits per heavy atom. The zero-order chi connectivity index (χ0) is 11.8. The Kier molecular flexibility index (Phi) is 2.94. The molecule has 3 nitrogen and oxygen atoms in total. The van der Waals surface area contributed by atoms with E-state index in [9.17, 15) is 17.2 Å². The van der Waals surface area contributed by atoms with Crippen LogP contribution < -0.4 is 0 Å². The zero-order valence-corrected chi connectivity index (χ0v) is 9.14. The molecule has 1 aliphatic rings. The third-order valence-electron chi connectivity index (χ3n) is 2.53. The van der Waals surface area contributed by atoms with E-state index in [1.54, 1.807) is 0 Å². The summed E-state index contributed by atoms with van der Waals surface area (Å²) < 4.78 is 55.0. The fourth-order valence-electron chi connectivity index (χ4n) is 1.63. The van der Waals surface area contributed by atoms with E-state index in [0.717, 1.165) is 12.1 Å². The molecule has 0 aromatic heterocycles. The largest absolute Gasteiger partial charge is 0.380 e. The third-order valence-corrected chi connectivity index (χ3v) is 4.70. The normalized spacial score (nSPS) is 21.2. The van der Waals surface area contributed by atoms with E-state index in [-0.39, 0.29) is 6.61 Å². The van der Waals surface area contributed by atoms with Crippen LogP contribution in [0.2, 0.25) is 0 Å². The van der Waals surface area contributed by atoms with Gasteiger partial charge in [-0.3, -0.25) is 0 Å². The van der Waals surface area contributed by atoms with Gasteiger partial charge in [-0.05, 0) is 24.6 Å². The molecule has 0 bridgehead atoms. The average molecular weight is 248 g/mol. The first-order valence-electron chi connectivity index (χ1n) is 4.78. The fraction of sp³-hybridized carbons (Fsp3) is 0.400. The summed E-state index contributed by atoms with van der Waals surface area (Å²) in [6, 6.07) is 2.42. The molecule has 88 valence electrons. The summed E-state index contributed by atoms with van der Waals surface area (Å²) in [6.45, 7) is 0.374. The lowest BCUT2D eigenvalue weighted by Gasteiger charge is -2.10. The Bertz CT molecular complexity index is 493. The predicted molar refractivity (Wildman–Crippen MR) is 52.8 cm³/mol. The summed E-state index contributed by atoms with van der Waals surface area (Å²) >= 11 is 0.